The fraction of sp³-hybridized carbons (Fsp3) is 0.250. The van der Waals surface area contributed by atoms with Crippen molar-refractivity contribution in [2.24, 2.45) is 0 Å². The molecule has 3 unspecified atom stereocenters. The van der Waals surface area contributed by atoms with Crippen LogP contribution in [-0.4, -0.2) is 56.4 Å². The van der Waals surface area contributed by atoms with Crippen LogP contribution in [0, 0.1) is 0 Å². The molecule has 3 rings (SSSR count). The fourth-order valence-electron chi connectivity index (χ4n) is 1.59. The molecule has 13 heteroatoms. The van der Waals surface area contributed by atoms with Gasteiger partial charge in [-0.3, -0.25) is 0 Å². The molecule has 3 heterocycles. The van der Waals surface area contributed by atoms with Crippen LogP contribution in [0.25, 0.3) is 0 Å². The zero-order valence-electron chi connectivity index (χ0n) is 12.2. The summed E-state index contributed by atoms with van der Waals surface area (Å²) in [6.45, 7) is 0. The third-order valence-corrected chi connectivity index (χ3v) is 13.1. The SMILES string of the molecule is O=C([O][In]([O]C(=O)C1C=CSS1)[O]C(=O)C1C=CSS1)C1C=CSS1. The number of carbonyl (C=O) groups is 3. The van der Waals surface area contributed by atoms with Crippen LogP contribution in [0.15, 0.2) is 34.5 Å². The second kappa shape index (κ2) is 10.2. The van der Waals surface area contributed by atoms with Gasteiger partial charge in [-0.1, -0.05) is 0 Å². The zero-order valence-corrected chi connectivity index (χ0v) is 20.4. The predicted octanol–water partition coefficient (Wildman–Crippen LogP) is 3.43. The molecule has 0 aromatic heterocycles. The quantitative estimate of drug-likeness (QED) is 0.450. The van der Waals surface area contributed by atoms with Crippen LogP contribution in [-0.2, 0) is 22.9 Å². The van der Waals surface area contributed by atoms with Crippen molar-refractivity contribution in [2.45, 2.75) is 15.7 Å². The predicted molar refractivity (Wildman–Crippen MR) is 108 cm³/mol. The van der Waals surface area contributed by atoms with Gasteiger partial charge in [-0.25, -0.2) is 0 Å². The van der Waals surface area contributed by atoms with Crippen LogP contribution in [0.5, 0.6) is 0 Å². The van der Waals surface area contributed by atoms with Gasteiger partial charge < -0.3 is 0 Å². The molecule has 0 aromatic rings. The summed E-state index contributed by atoms with van der Waals surface area (Å²) in [6, 6.07) is 0. The van der Waals surface area contributed by atoms with Crippen LogP contribution < -0.4 is 0 Å². The Balaban J connectivity index is 1.61. The molecule has 0 saturated heterocycles. The summed E-state index contributed by atoms with van der Waals surface area (Å²) in [5.74, 6) is -1.62. The van der Waals surface area contributed by atoms with Gasteiger partial charge in [0.2, 0.25) is 0 Å². The summed E-state index contributed by atoms with van der Waals surface area (Å²) in [4.78, 5) is 36.5. The van der Waals surface area contributed by atoms with Gasteiger partial charge in [0.1, 0.15) is 0 Å². The second-order valence-corrected chi connectivity index (χ2v) is 15.0. The van der Waals surface area contributed by atoms with Crippen molar-refractivity contribution in [2.75, 3.05) is 0 Å². The van der Waals surface area contributed by atoms with Crippen molar-refractivity contribution < 1.29 is 22.9 Å². The molecule has 132 valence electrons. The summed E-state index contributed by atoms with van der Waals surface area (Å²) in [6.07, 6.45) is 5.09. The number of carbonyl (C=O) groups excluding carboxylic acids is 3. The Morgan fingerprint density at radius 3 is 1.20 bits per heavy atom. The van der Waals surface area contributed by atoms with Crippen molar-refractivity contribution in [1.82, 2.24) is 0 Å². The maximum atomic E-state index is 12.2. The van der Waals surface area contributed by atoms with E-state index < -0.39 is 56.4 Å². The summed E-state index contributed by atoms with van der Waals surface area (Å²) in [7, 11) is 8.24. The number of hydrogen-bond donors (Lipinski definition) is 0. The van der Waals surface area contributed by atoms with E-state index in [0.29, 0.717) is 0 Å². The molecule has 6 nitrogen and oxygen atoms in total. The monoisotopic (exact) mass is 556 g/mol. The molecule has 0 fully saturated rings. The van der Waals surface area contributed by atoms with E-state index in [2.05, 4.69) is 0 Å². The van der Waals surface area contributed by atoms with E-state index in [4.69, 9.17) is 8.56 Å². The molecule has 0 aromatic carbocycles. The summed E-state index contributed by atoms with van der Waals surface area (Å²) in [5, 5.41) is 3.92. The molecule has 25 heavy (non-hydrogen) atoms. The Kier molecular flexibility index (Phi) is 8.32. The van der Waals surface area contributed by atoms with E-state index in [-0.39, 0.29) is 0 Å². The first-order valence-electron chi connectivity index (χ1n) is 6.71. The minimum absolute atomic E-state index is 0.478. The van der Waals surface area contributed by atoms with Crippen molar-refractivity contribution in [1.29, 1.82) is 0 Å². The Labute approximate surface area is 177 Å². The summed E-state index contributed by atoms with van der Waals surface area (Å²) >= 11 is -4.11. The van der Waals surface area contributed by atoms with Crippen LogP contribution in [0.3, 0.4) is 0 Å². The third-order valence-electron chi connectivity index (χ3n) is 2.74. The Bertz CT molecular complexity index is 554. The average Bonchev–Trinajstić information content (AvgIpc) is 3.38. The average molecular weight is 556 g/mol. The van der Waals surface area contributed by atoms with Gasteiger partial charge in [-0.05, 0) is 0 Å². The van der Waals surface area contributed by atoms with Gasteiger partial charge in [-0.15, -0.1) is 0 Å². The normalized spacial score (nSPS) is 26.6. The molecule has 3 atom stereocenters. The number of hydrogen-bond acceptors (Lipinski definition) is 12. The molecule has 0 spiro atoms. The van der Waals surface area contributed by atoms with E-state index in [0.717, 1.165) is 0 Å². The van der Waals surface area contributed by atoms with E-state index in [9.17, 15) is 14.4 Å². The standard InChI is InChI=1S/3C4H4O2S2.In/c3*5-4(6)3-1-2-7-8-3;/h3*1-3H,(H,5,6);/q;;;+3/p-3. The van der Waals surface area contributed by atoms with E-state index >= 15 is 0 Å². The van der Waals surface area contributed by atoms with Gasteiger partial charge >= 0.3 is 179 Å². The Morgan fingerprint density at radius 2 is 0.960 bits per heavy atom. The zero-order chi connectivity index (χ0) is 17.6. The van der Waals surface area contributed by atoms with Gasteiger partial charge in [-0.2, -0.15) is 0 Å². The van der Waals surface area contributed by atoms with E-state index in [1.165, 1.54) is 64.8 Å². The molecule has 0 aliphatic carbocycles. The van der Waals surface area contributed by atoms with Crippen molar-refractivity contribution >= 4 is 105 Å². The summed E-state index contributed by atoms with van der Waals surface area (Å²) < 4.78 is 15.9. The fourth-order valence-corrected chi connectivity index (χ4v) is 11.6. The molecule has 0 bridgehead atoms. The van der Waals surface area contributed by atoms with Crippen molar-refractivity contribution in [3.63, 3.8) is 0 Å². The maximum absolute atomic E-state index is 12.2. The first kappa shape index (κ1) is 20.3. The Hall–Kier alpha value is 0.600. The van der Waals surface area contributed by atoms with E-state index in [1.54, 1.807) is 34.5 Å². The first-order chi connectivity index (χ1) is 12.1. The first-order valence-corrected chi connectivity index (χ1v) is 17.6. The van der Waals surface area contributed by atoms with Crippen LogP contribution >= 0.6 is 64.8 Å². The van der Waals surface area contributed by atoms with Crippen LogP contribution in [0.1, 0.15) is 0 Å². The molecule has 3 aliphatic rings. The van der Waals surface area contributed by atoms with Gasteiger partial charge in [0.25, 0.3) is 0 Å². The van der Waals surface area contributed by atoms with Crippen molar-refractivity contribution in [3.05, 3.63) is 34.5 Å². The molecule has 0 amide bonds. The number of rotatable bonds is 6. The molecular formula is C12H9InO6S6. The van der Waals surface area contributed by atoms with E-state index in [1.807, 2.05) is 0 Å². The van der Waals surface area contributed by atoms with Gasteiger partial charge in [0, 0.05) is 0 Å². The molecule has 0 radical (unpaired) electrons. The Morgan fingerprint density at radius 1 is 0.640 bits per heavy atom. The molecular weight excluding hydrogens is 547 g/mol. The topological polar surface area (TPSA) is 78.9 Å². The molecule has 3 aliphatic heterocycles. The minimum atomic E-state index is -4.11. The van der Waals surface area contributed by atoms with Crippen LogP contribution in [0.4, 0.5) is 0 Å². The molecule has 0 N–H and O–H groups in total. The van der Waals surface area contributed by atoms with Crippen LogP contribution in [0.2, 0.25) is 0 Å². The van der Waals surface area contributed by atoms with Gasteiger partial charge in [0.05, 0.1) is 0 Å². The third kappa shape index (κ3) is 6.04. The second-order valence-electron chi connectivity index (χ2n) is 4.42. The van der Waals surface area contributed by atoms with Crippen molar-refractivity contribution in [3.8, 4) is 0 Å². The van der Waals surface area contributed by atoms with Gasteiger partial charge in [0.15, 0.2) is 0 Å². The summed E-state index contributed by atoms with van der Waals surface area (Å²) in [5.41, 5.74) is 0. The molecule has 0 saturated carbocycles.